The third kappa shape index (κ3) is 2.54. The molecule has 0 aliphatic carbocycles. The van der Waals surface area contributed by atoms with Crippen LogP contribution in [0.25, 0.3) is 0 Å². The van der Waals surface area contributed by atoms with Gasteiger partial charge in [0.15, 0.2) is 11.6 Å². The zero-order valence-electron chi connectivity index (χ0n) is 9.73. The van der Waals surface area contributed by atoms with Gasteiger partial charge < -0.3 is 9.84 Å². The molecular formula is C14H12BrFO2. The van der Waals surface area contributed by atoms with Crippen LogP contribution < -0.4 is 4.74 Å². The van der Waals surface area contributed by atoms with Crippen molar-refractivity contribution in [2.75, 3.05) is 7.11 Å². The highest BCUT2D eigenvalue weighted by Crippen LogP contribution is 2.30. The van der Waals surface area contributed by atoms with Crippen LogP contribution >= 0.6 is 15.9 Å². The molecule has 0 bridgehead atoms. The third-order valence-electron chi connectivity index (χ3n) is 2.69. The van der Waals surface area contributed by atoms with E-state index in [1.165, 1.54) is 19.2 Å². The van der Waals surface area contributed by atoms with E-state index in [1.54, 1.807) is 12.1 Å². The minimum atomic E-state index is -0.874. The molecule has 0 aromatic heterocycles. The molecule has 2 rings (SSSR count). The van der Waals surface area contributed by atoms with Gasteiger partial charge in [-0.25, -0.2) is 4.39 Å². The van der Waals surface area contributed by atoms with E-state index >= 15 is 0 Å². The lowest BCUT2D eigenvalue weighted by Crippen LogP contribution is -2.01. The molecule has 94 valence electrons. The van der Waals surface area contributed by atoms with E-state index < -0.39 is 11.9 Å². The summed E-state index contributed by atoms with van der Waals surface area (Å²) in [5.74, 6) is -0.320. The molecule has 0 unspecified atom stereocenters. The molecule has 0 aliphatic rings. The smallest absolute Gasteiger partial charge is 0.165 e. The second kappa shape index (κ2) is 5.50. The highest BCUT2D eigenvalue weighted by Gasteiger charge is 2.15. The number of hydrogen-bond donors (Lipinski definition) is 1. The van der Waals surface area contributed by atoms with Crippen molar-refractivity contribution >= 4 is 15.9 Å². The zero-order valence-corrected chi connectivity index (χ0v) is 11.3. The average molecular weight is 311 g/mol. The van der Waals surface area contributed by atoms with Crippen LogP contribution in [-0.4, -0.2) is 12.2 Å². The van der Waals surface area contributed by atoms with Crippen LogP contribution in [0, 0.1) is 5.82 Å². The Hall–Kier alpha value is -1.39. The fourth-order valence-corrected chi connectivity index (χ4v) is 2.23. The first-order valence-corrected chi connectivity index (χ1v) is 6.18. The van der Waals surface area contributed by atoms with E-state index in [4.69, 9.17) is 4.74 Å². The molecule has 0 heterocycles. The van der Waals surface area contributed by atoms with E-state index in [0.717, 1.165) is 4.47 Å². The van der Waals surface area contributed by atoms with Crippen molar-refractivity contribution in [2.24, 2.45) is 0 Å². The minimum absolute atomic E-state index is 0.165. The number of ether oxygens (including phenoxy) is 1. The van der Waals surface area contributed by atoms with Crippen molar-refractivity contribution in [1.29, 1.82) is 0 Å². The van der Waals surface area contributed by atoms with Crippen LogP contribution in [0.4, 0.5) is 4.39 Å². The van der Waals surface area contributed by atoms with Crippen molar-refractivity contribution in [3.8, 4) is 5.75 Å². The van der Waals surface area contributed by atoms with Crippen molar-refractivity contribution in [1.82, 2.24) is 0 Å². The van der Waals surface area contributed by atoms with Gasteiger partial charge in [-0.15, -0.1) is 0 Å². The van der Waals surface area contributed by atoms with Gasteiger partial charge >= 0.3 is 0 Å². The SMILES string of the molecule is COc1ccc([C@H](O)c2ccccc2Br)cc1F. The fraction of sp³-hybridized carbons (Fsp3) is 0.143. The van der Waals surface area contributed by atoms with E-state index in [-0.39, 0.29) is 5.75 Å². The van der Waals surface area contributed by atoms with E-state index in [9.17, 15) is 9.50 Å². The van der Waals surface area contributed by atoms with Gasteiger partial charge in [-0.05, 0) is 29.3 Å². The van der Waals surface area contributed by atoms with Crippen LogP contribution in [0.3, 0.4) is 0 Å². The summed E-state index contributed by atoms with van der Waals surface area (Å²) in [6.07, 6.45) is -0.874. The molecule has 2 aromatic carbocycles. The van der Waals surface area contributed by atoms with Crippen LogP contribution in [-0.2, 0) is 0 Å². The number of hydrogen-bond acceptors (Lipinski definition) is 2. The predicted molar refractivity (Wildman–Crippen MR) is 71.2 cm³/mol. The average Bonchev–Trinajstić information content (AvgIpc) is 2.38. The number of aliphatic hydroxyl groups excluding tert-OH is 1. The monoisotopic (exact) mass is 310 g/mol. The van der Waals surface area contributed by atoms with Gasteiger partial charge in [-0.1, -0.05) is 40.2 Å². The van der Waals surface area contributed by atoms with Gasteiger partial charge in [0.1, 0.15) is 6.10 Å². The Bertz CT molecular complexity index is 557. The van der Waals surface area contributed by atoms with E-state index in [0.29, 0.717) is 11.1 Å². The highest BCUT2D eigenvalue weighted by atomic mass is 79.9. The third-order valence-corrected chi connectivity index (χ3v) is 3.41. The minimum Gasteiger partial charge on any atom is -0.494 e. The van der Waals surface area contributed by atoms with Crippen LogP contribution in [0.5, 0.6) is 5.75 Å². The van der Waals surface area contributed by atoms with Gasteiger partial charge in [-0.3, -0.25) is 0 Å². The van der Waals surface area contributed by atoms with Gasteiger partial charge in [0.05, 0.1) is 7.11 Å². The Labute approximate surface area is 113 Å². The van der Waals surface area contributed by atoms with Gasteiger partial charge in [0, 0.05) is 4.47 Å². The molecule has 0 amide bonds. The number of benzene rings is 2. The maximum Gasteiger partial charge on any atom is 0.165 e. The highest BCUT2D eigenvalue weighted by molar-refractivity contribution is 9.10. The molecule has 18 heavy (non-hydrogen) atoms. The van der Waals surface area contributed by atoms with Gasteiger partial charge in [0.25, 0.3) is 0 Å². The molecule has 0 saturated carbocycles. The molecule has 0 aliphatic heterocycles. The Morgan fingerprint density at radius 3 is 2.56 bits per heavy atom. The Morgan fingerprint density at radius 1 is 1.22 bits per heavy atom. The summed E-state index contributed by atoms with van der Waals surface area (Å²) in [7, 11) is 1.41. The fourth-order valence-electron chi connectivity index (χ4n) is 1.73. The largest absolute Gasteiger partial charge is 0.494 e. The second-order valence-corrected chi connectivity index (χ2v) is 4.67. The molecule has 0 fully saturated rings. The lowest BCUT2D eigenvalue weighted by atomic mass is 10.0. The lowest BCUT2D eigenvalue weighted by molar-refractivity contribution is 0.218. The number of aliphatic hydroxyl groups is 1. The normalized spacial score (nSPS) is 12.2. The first kappa shape index (κ1) is 13.1. The Balaban J connectivity index is 2.37. The van der Waals surface area contributed by atoms with Crippen LogP contribution in [0.1, 0.15) is 17.2 Å². The van der Waals surface area contributed by atoms with Gasteiger partial charge in [0.2, 0.25) is 0 Å². The maximum absolute atomic E-state index is 13.6. The van der Waals surface area contributed by atoms with Crippen molar-refractivity contribution in [2.45, 2.75) is 6.10 Å². The summed E-state index contributed by atoms with van der Waals surface area (Å²) < 4.78 is 19.2. The van der Waals surface area contributed by atoms with Gasteiger partial charge in [-0.2, -0.15) is 0 Å². The topological polar surface area (TPSA) is 29.5 Å². The summed E-state index contributed by atoms with van der Waals surface area (Å²) in [5.41, 5.74) is 1.18. The predicted octanol–water partition coefficient (Wildman–Crippen LogP) is 3.68. The molecule has 0 radical (unpaired) electrons. The molecule has 1 atom stereocenters. The quantitative estimate of drug-likeness (QED) is 0.937. The molecule has 0 saturated heterocycles. The molecule has 0 spiro atoms. The summed E-state index contributed by atoms with van der Waals surface area (Å²) in [6, 6.07) is 11.7. The summed E-state index contributed by atoms with van der Waals surface area (Å²) in [4.78, 5) is 0. The maximum atomic E-state index is 13.6. The second-order valence-electron chi connectivity index (χ2n) is 3.82. The summed E-state index contributed by atoms with van der Waals surface area (Å²) in [5, 5.41) is 10.2. The van der Waals surface area contributed by atoms with Crippen LogP contribution in [0.15, 0.2) is 46.9 Å². The summed E-state index contributed by atoms with van der Waals surface area (Å²) in [6.45, 7) is 0. The van der Waals surface area contributed by atoms with Crippen LogP contribution in [0.2, 0.25) is 0 Å². The lowest BCUT2D eigenvalue weighted by Gasteiger charge is -2.14. The first-order chi connectivity index (χ1) is 8.63. The first-order valence-electron chi connectivity index (χ1n) is 5.39. The zero-order chi connectivity index (χ0) is 13.1. The van der Waals surface area contributed by atoms with Crippen molar-refractivity contribution in [3.63, 3.8) is 0 Å². The number of rotatable bonds is 3. The number of halogens is 2. The van der Waals surface area contributed by atoms with E-state index in [1.807, 2.05) is 18.2 Å². The molecule has 1 N–H and O–H groups in total. The Morgan fingerprint density at radius 2 is 1.94 bits per heavy atom. The summed E-state index contributed by atoms with van der Waals surface area (Å²) >= 11 is 3.36. The molecule has 4 heteroatoms. The Kier molecular flexibility index (Phi) is 3.99. The molecular weight excluding hydrogens is 299 g/mol. The number of methoxy groups -OCH3 is 1. The molecule has 2 nitrogen and oxygen atoms in total. The van der Waals surface area contributed by atoms with Crippen molar-refractivity contribution < 1.29 is 14.2 Å². The van der Waals surface area contributed by atoms with E-state index in [2.05, 4.69) is 15.9 Å². The van der Waals surface area contributed by atoms with Crippen molar-refractivity contribution in [3.05, 3.63) is 63.9 Å². The standard InChI is InChI=1S/C14H12BrFO2/c1-18-13-7-6-9(8-12(13)16)14(17)10-4-2-3-5-11(10)15/h2-8,14,17H,1H3/t14-/m0/s1. The molecule has 2 aromatic rings.